The number of carboxylic acid groups (broad SMARTS) is 1. The highest BCUT2D eigenvalue weighted by molar-refractivity contribution is 7.46. The Morgan fingerprint density at radius 2 is 1.79 bits per heavy atom. The first kappa shape index (κ1) is 38.6. The van der Waals surface area contributed by atoms with Gasteiger partial charge in [0.15, 0.2) is 11.9 Å². The molecule has 0 saturated carbocycles. The number of hydrogen-bond acceptors (Lipinski definition) is 14. The van der Waals surface area contributed by atoms with Crippen molar-refractivity contribution in [1.29, 1.82) is 0 Å². The third kappa shape index (κ3) is 12.6. The Hall–Kier alpha value is -4.56. The molecule has 11 N–H and O–H groups in total. The molecule has 0 saturated heterocycles. The van der Waals surface area contributed by atoms with Gasteiger partial charge in [-0.2, -0.15) is 0 Å². The lowest BCUT2D eigenvalue weighted by Crippen LogP contribution is -2.55. The van der Waals surface area contributed by atoms with Gasteiger partial charge in [0.25, 0.3) is 5.76 Å². The van der Waals surface area contributed by atoms with Crippen LogP contribution < -0.4 is 21.7 Å². The van der Waals surface area contributed by atoms with E-state index in [0.717, 1.165) is 0 Å². The van der Waals surface area contributed by atoms with Gasteiger partial charge in [-0.15, -0.1) is 0 Å². The summed E-state index contributed by atoms with van der Waals surface area (Å²) in [5.74, 6) is -8.73. The number of rotatable bonds is 20. The van der Waals surface area contributed by atoms with Gasteiger partial charge in [0.05, 0.1) is 19.4 Å². The summed E-state index contributed by atoms with van der Waals surface area (Å²) in [5.41, 5.74) is 5.88. The number of aliphatic carboxylic acids is 1. The predicted octanol–water partition coefficient (Wildman–Crippen LogP) is -2.87. The van der Waals surface area contributed by atoms with E-state index in [1.54, 1.807) is 0 Å². The first-order valence-corrected chi connectivity index (χ1v) is 15.6. The Morgan fingerprint density at radius 1 is 1.11 bits per heavy atom. The van der Waals surface area contributed by atoms with Crippen LogP contribution in [-0.2, 0) is 53.8 Å². The molecule has 1 aliphatic heterocycles. The van der Waals surface area contributed by atoms with Crippen LogP contribution in [0.2, 0.25) is 0 Å². The van der Waals surface area contributed by atoms with Gasteiger partial charge in [0.1, 0.15) is 18.1 Å². The maximum Gasteiger partial charge on any atom is 0.525 e. The summed E-state index contributed by atoms with van der Waals surface area (Å²) in [7, 11) is -5.27. The van der Waals surface area contributed by atoms with Gasteiger partial charge in [-0.1, -0.05) is 0 Å². The number of carbonyl (C=O) groups is 6. The van der Waals surface area contributed by atoms with E-state index in [4.69, 9.17) is 20.3 Å². The van der Waals surface area contributed by atoms with Gasteiger partial charge < -0.3 is 56.0 Å². The van der Waals surface area contributed by atoms with Crippen LogP contribution in [0, 0.1) is 0 Å². The Bertz CT molecular complexity index is 1360. The van der Waals surface area contributed by atoms with Crippen LogP contribution in [-0.4, -0.2) is 114 Å². The van der Waals surface area contributed by atoms with E-state index in [1.165, 1.54) is 19.4 Å². The number of unbranched alkanes of at least 4 members (excludes halogenated alkanes) is 1. The molecule has 2 heterocycles. The highest BCUT2D eigenvalue weighted by atomic mass is 31.2. The number of phosphoric acid groups is 1. The number of carbonyl (C=O) groups excluding carboxylic acids is 5. The summed E-state index contributed by atoms with van der Waals surface area (Å²) < 4.78 is 24.6. The molecule has 1 aliphatic rings. The number of ether oxygens (including phenoxy) is 2. The van der Waals surface area contributed by atoms with Crippen LogP contribution >= 0.6 is 7.82 Å². The minimum absolute atomic E-state index is 0.0980. The second-order valence-electron chi connectivity index (χ2n) is 10.1. The third-order valence-electron chi connectivity index (χ3n) is 6.43. The second-order valence-corrected chi connectivity index (χ2v) is 11.3. The van der Waals surface area contributed by atoms with Crippen molar-refractivity contribution in [3.05, 3.63) is 29.7 Å². The number of phosphoric ester groups is 1. The van der Waals surface area contributed by atoms with E-state index in [-0.39, 0.29) is 12.8 Å². The topological polar surface area (TPSA) is 339 Å². The number of amides is 3. The standard InChI is InChI=1S/C25H37N6O15P/c1-12(22(36)31-15(8-13-9-27-11-28-13)23(37)30-14(24(38)39)4-2-3-7-26)29-17(33)5-6-18(34)44-16(10-32)20-19(35)21(25(40)45-20)46-47(41,42)43/h9,11-12,14-16,20,32,35H,2-8,10,26H2,1H3,(H,27,28)(H,29,33)(H,30,37)(H,31,36)(H,38,39)(H2,41,42,43). The van der Waals surface area contributed by atoms with E-state index in [9.17, 15) is 48.7 Å². The molecule has 0 aromatic carbocycles. The number of aromatic nitrogens is 2. The number of imidazole rings is 1. The fraction of sp³-hybridized carbons (Fsp3) is 0.560. The number of hydrogen-bond donors (Lipinski definition) is 10. The smallest absolute Gasteiger partial charge is 0.505 e. The molecule has 22 heteroatoms. The Balaban J connectivity index is 1.95. The van der Waals surface area contributed by atoms with Gasteiger partial charge in [-0.05, 0) is 32.7 Å². The molecule has 1 aromatic heterocycles. The minimum atomic E-state index is -5.27. The van der Waals surface area contributed by atoms with Crippen LogP contribution in [0.3, 0.4) is 0 Å². The first-order valence-electron chi connectivity index (χ1n) is 14.1. The van der Waals surface area contributed by atoms with Crippen molar-refractivity contribution in [2.75, 3.05) is 13.2 Å². The normalized spacial score (nSPS) is 17.1. The van der Waals surface area contributed by atoms with Crippen LogP contribution in [0.4, 0.5) is 0 Å². The molecule has 0 radical (unpaired) electrons. The molecule has 0 fully saturated rings. The molecule has 3 amide bonds. The number of nitrogens with two attached hydrogens (primary N) is 1. The van der Waals surface area contributed by atoms with Crippen molar-refractivity contribution >= 4 is 43.5 Å². The zero-order valence-electron chi connectivity index (χ0n) is 25.0. The number of H-pyrrole nitrogens is 1. The zero-order valence-corrected chi connectivity index (χ0v) is 25.9. The number of nitrogens with one attached hydrogen (secondary N) is 4. The highest BCUT2D eigenvalue weighted by Crippen LogP contribution is 2.42. The monoisotopic (exact) mass is 692 g/mol. The summed E-state index contributed by atoms with van der Waals surface area (Å²) in [5, 5.41) is 36.3. The van der Waals surface area contributed by atoms with Gasteiger partial charge in [-0.3, -0.25) is 29.0 Å². The molecule has 0 aliphatic carbocycles. The third-order valence-corrected chi connectivity index (χ3v) is 6.85. The van der Waals surface area contributed by atoms with Crippen molar-refractivity contribution in [1.82, 2.24) is 25.9 Å². The number of aromatic amines is 1. The number of esters is 2. The summed E-state index contributed by atoms with van der Waals surface area (Å²) in [6.07, 6.45) is -1.05. The highest BCUT2D eigenvalue weighted by Gasteiger charge is 2.45. The average molecular weight is 693 g/mol. The summed E-state index contributed by atoms with van der Waals surface area (Å²) >= 11 is 0. The fourth-order valence-electron chi connectivity index (χ4n) is 4.08. The molecular weight excluding hydrogens is 655 g/mol. The molecule has 1 aromatic rings. The number of nitrogens with zero attached hydrogens (tertiary/aromatic N) is 1. The van der Waals surface area contributed by atoms with Gasteiger partial charge in [0.2, 0.25) is 23.8 Å². The van der Waals surface area contributed by atoms with Crippen molar-refractivity contribution in [2.45, 2.75) is 75.8 Å². The van der Waals surface area contributed by atoms with Crippen molar-refractivity contribution in [3.8, 4) is 0 Å². The van der Waals surface area contributed by atoms with Gasteiger partial charge >= 0.3 is 25.7 Å². The predicted molar refractivity (Wildman–Crippen MR) is 153 cm³/mol. The van der Waals surface area contributed by atoms with E-state index in [2.05, 4.69) is 35.2 Å². The van der Waals surface area contributed by atoms with Crippen LogP contribution in [0.5, 0.6) is 0 Å². The Morgan fingerprint density at radius 3 is 2.36 bits per heavy atom. The van der Waals surface area contributed by atoms with Crippen molar-refractivity contribution in [3.63, 3.8) is 0 Å². The molecule has 47 heavy (non-hydrogen) atoms. The van der Waals surface area contributed by atoms with E-state index >= 15 is 0 Å². The van der Waals surface area contributed by atoms with E-state index in [1.807, 2.05) is 0 Å². The SMILES string of the molecule is CC(NC(=O)CCC(=O)OC(CO)C1OC(=O)C(OP(=O)(O)O)=C1O)C(=O)NC(Cc1cnc[nH]1)C(=O)NC(CCCCN)C(=O)O. The summed E-state index contributed by atoms with van der Waals surface area (Å²) in [6, 6.07) is -3.76. The molecule has 5 atom stereocenters. The number of cyclic esters (lactones) is 1. The molecule has 262 valence electrons. The number of carboxylic acids is 1. The average Bonchev–Trinajstić information content (AvgIpc) is 3.60. The largest absolute Gasteiger partial charge is 0.525 e. The fourth-order valence-corrected chi connectivity index (χ4v) is 4.48. The van der Waals surface area contributed by atoms with Crippen LogP contribution in [0.1, 0.15) is 44.7 Å². The number of aliphatic hydroxyl groups is 2. The first-order chi connectivity index (χ1) is 22.1. The maximum atomic E-state index is 13.0. The quantitative estimate of drug-likeness (QED) is 0.0373. The lowest BCUT2D eigenvalue weighted by molar-refractivity contribution is -0.165. The van der Waals surface area contributed by atoms with Crippen molar-refractivity contribution in [2.24, 2.45) is 5.73 Å². The van der Waals surface area contributed by atoms with Gasteiger partial charge in [0, 0.05) is 24.7 Å². The molecule has 2 rings (SSSR count). The Labute approximate surface area is 266 Å². The molecule has 21 nitrogen and oxygen atoms in total. The number of aliphatic hydroxyl groups excluding tert-OH is 2. The summed E-state index contributed by atoms with van der Waals surface area (Å²) in [4.78, 5) is 98.4. The van der Waals surface area contributed by atoms with E-state index < -0.39 is 105 Å². The lowest BCUT2D eigenvalue weighted by atomic mass is 10.1. The minimum Gasteiger partial charge on any atom is -0.505 e. The lowest BCUT2D eigenvalue weighted by Gasteiger charge is -2.23. The van der Waals surface area contributed by atoms with Crippen LogP contribution in [0.15, 0.2) is 24.0 Å². The van der Waals surface area contributed by atoms with Gasteiger partial charge in [-0.25, -0.2) is 19.1 Å². The molecular formula is C25H37N6O15P. The van der Waals surface area contributed by atoms with Crippen LogP contribution in [0.25, 0.3) is 0 Å². The second kappa shape index (κ2) is 18.0. The molecule has 0 spiro atoms. The van der Waals surface area contributed by atoms with Crippen molar-refractivity contribution < 1.29 is 72.4 Å². The Kier molecular flexibility index (Phi) is 14.8. The van der Waals surface area contributed by atoms with E-state index in [0.29, 0.717) is 25.1 Å². The maximum absolute atomic E-state index is 13.0. The zero-order chi connectivity index (χ0) is 35.3. The summed E-state index contributed by atoms with van der Waals surface area (Å²) in [6.45, 7) is 0.605. The molecule has 5 unspecified atom stereocenters. The molecule has 0 bridgehead atoms.